The van der Waals surface area contributed by atoms with Gasteiger partial charge in [-0.25, -0.2) is 0 Å². The average Bonchev–Trinajstić information content (AvgIpc) is 2.31. The molecule has 0 heterocycles. The third-order valence-corrected chi connectivity index (χ3v) is 8.26. The number of hydrogen-bond donors (Lipinski definition) is 0. The Morgan fingerprint density at radius 2 is 1.25 bits per heavy atom. The normalized spacial score (nSPS) is 11.9. The fourth-order valence-electron chi connectivity index (χ4n) is 2.01. The van der Waals surface area contributed by atoms with Crippen LogP contribution >= 0.6 is 16.5 Å². The zero-order valence-corrected chi connectivity index (χ0v) is 14.1. The van der Waals surface area contributed by atoms with Crippen molar-refractivity contribution < 1.29 is 0 Å². The molecule has 0 radical (unpaired) electrons. The van der Waals surface area contributed by atoms with Crippen LogP contribution in [0.5, 0.6) is 0 Å². The molecule has 0 N–H and O–H groups in total. The van der Waals surface area contributed by atoms with Crippen molar-refractivity contribution in [2.75, 3.05) is 12.3 Å². The first kappa shape index (κ1) is 16.9. The van der Waals surface area contributed by atoms with Crippen LogP contribution in [0.25, 0.3) is 0 Å². The van der Waals surface area contributed by atoms with Gasteiger partial charge in [0.2, 0.25) is 0 Å². The van der Waals surface area contributed by atoms with E-state index in [1.807, 2.05) is 0 Å². The fourth-order valence-corrected chi connectivity index (χ4v) is 6.61. The molecule has 1 unspecified atom stereocenters. The van der Waals surface area contributed by atoms with E-state index in [4.69, 9.17) is 0 Å². The van der Waals surface area contributed by atoms with Gasteiger partial charge in [0.15, 0.2) is 0 Å². The molecule has 0 rings (SSSR count). The fraction of sp³-hybridized carbons (Fsp3) is 1.00. The topological polar surface area (TPSA) is 0 Å². The van der Waals surface area contributed by atoms with Gasteiger partial charge in [-0.2, -0.15) is 0 Å². The molecule has 0 aromatic heterocycles. The molecule has 0 amide bonds. The molecule has 0 aromatic carbocycles. The van der Waals surface area contributed by atoms with E-state index in [9.17, 15) is 0 Å². The molecule has 0 nitrogen and oxygen atoms in total. The van der Waals surface area contributed by atoms with E-state index in [0.717, 1.165) is 0 Å². The number of unbranched alkanes of at least 4 members (excludes halogenated alkanes) is 8. The van der Waals surface area contributed by atoms with E-state index in [0.29, 0.717) is 8.27 Å². The summed E-state index contributed by atoms with van der Waals surface area (Å²) in [6, 6.07) is 0. The van der Waals surface area contributed by atoms with Crippen LogP contribution in [0.2, 0.25) is 0 Å². The summed E-state index contributed by atoms with van der Waals surface area (Å²) in [6.07, 6.45) is 18.0. The van der Waals surface area contributed by atoms with Crippen molar-refractivity contribution in [3.05, 3.63) is 0 Å². The second-order valence-electron chi connectivity index (χ2n) is 4.93. The first-order valence-corrected chi connectivity index (χ1v) is 12.2. The molecule has 0 aliphatic carbocycles. The van der Waals surface area contributed by atoms with Crippen molar-refractivity contribution in [2.24, 2.45) is 0 Å². The molecule has 2 heteroatoms. The van der Waals surface area contributed by atoms with Crippen LogP contribution in [0.1, 0.15) is 78.1 Å². The number of hydrogen-bond acceptors (Lipinski definition) is 0. The predicted octanol–water partition coefficient (Wildman–Crippen LogP) is 5.66. The van der Waals surface area contributed by atoms with Crippen molar-refractivity contribution in [3.8, 4) is 0 Å². The summed E-state index contributed by atoms with van der Waals surface area (Å²) in [5, 5.41) is 0. The van der Waals surface area contributed by atoms with Gasteiger partial charge >= 0.3 is 107 Å². The molecule has 16 heavy (non-hydrogen) atoms. The Morgan fingerprint density at radius 1 is 0.688 bits per heavy atom. The number of rotatable bonds is 13. The summed E-state index contributed by atoms with van der Waals surface area (Å²) in [5.41, 5.74) is 0. The van der Waals surface area contributed by atoms with Crippen LogP contribution in [-0.2, 0) is 0 Å². The van der Waals surface area contributed by atoms with E-state index >= 15 is 0 Å². The van der Waals surface area contributed by atoms with Gasteiger partial charge in [0.05, 0.1) is 0 Å². The van der Waals surface area contributed by atoms with Crippen molar-refractivity contribution in [1.82, 2.24) is 0 Å². The Hall–Kier alpha value is 0.860. The molecule has 100 valence electrons. The van der Waals surface area contributed by atoms with Crippen LogP contribution in [0.3, 0.4) is 0 Å². The van der Waals surface area contributed by atoms with Gasteiger partial charge in [0, 0.05) is 0 Å². The molecule has 0 fully saturated rings. The standard InChI is InChI=1S/C14H34P2/c1-3-5-7-8-9-10-12-14-16-15-13-11-6-4-2/h16H,3-14H2,1-2,15H3. The van der Waals surface area contributed by atoms with E-state index in [1.165, 1.54) is 72.5 Å². The van der Waals surface area contributed by atoms with Crippen molar-refractivity contribution in [1.29, 1.82) is 0 Å². The molecule has 1 atom stereocenters. The third kappa shape index (κ3) is 14.9. The van der Waals surface area contributed by atoms with Gasteiger partial charge in [0.1, 0.15) is 0 Å². The summed E-state index contributed by atoms with van der Waals surface area (Å²) in [5.74, 6) is 0. The molecule has 0 aromatic rings. The first-order valence-electron chi connectivity index (χ1n) is 7.62. The summed E-state index contributed by atoms with van der Waals surface area (Å²) in [7, 11) is 1.77. The quantitative estimate of drug-likeness (QED) is 0.297. The van der Waals surface area contributed by atoms with Gasteiger partial charge in [-0.3, -0.25) is 0 Å². The zero-order chi connectivity index (χ0) is 11.9. The first-order chi connectivity index (χ1) is 7.91. The van der Waals surface area contributed by atoms with Gasteiger partial charge in [-0.1, -0.05) is 0 Å². The Morgan fingerprint density at radius 3 is 1.94 bits per heavy atom. The van der Waals surface area contributed by atoms with Crippen LogP contribution in [-0.4, -0.2) is 12.3 Å². The second-order valence-corrected chi connectivity index (χ2v) is 10.1. The molecule has 0 aliphatic rings. The monoisotopic (exact) mass is 264 g/mol. The maximum absolute atomic E-state index is 2.31. The van der Waals surface area contributed by atoms with Crippen LogP contribution in [0, 0.1) is 0 Å². The minimum atomic E-state index is 0.371. The van der Waals surface area contributed by atoms with Crippen molar-refractivity contribution in [2.45, 2.75) is 78.1 Å². The van der Waals surface area contributed by atoms with E-state index < -0.39 is 0 Å². The molecule has 0 saturated carbocycles. The van der Waals surface area contributed by atoms with E-state index in [-0.39, 0.29) is 0 Å². The van der Waals surface area contributed by atoms with Gasteiger partial charge in [-0.15, -0.1) is 0 Å². The third-order valence-electron chi connectivity index (χ3n) is 3.16. The zero-order valence-electron chi connectivity index (χ0n) is 11.7. The van der Waals surface area contributed by atoms with Gasteiger partial charge in [0.25, 0.3) is 0 Å². The summed E-state index contributed by atoms with van der Waals surface area (Å²) >= 11 is 0. The van der Waals surface area contributed by atoms with Crippen molar-refractivity contribution in [3.63, 3.8) is 0 Å². The molecular weight excluding hydrogens is 230 g/mol. The SMILES string of the molecule is CCCCCCCCCP[PH3]CCCCC. The Balaban J connectivity index is 2.83. The molecular formula is C14H34P2. The van der Waals surface area contributed by atoms with Crippen molar-refractivity contribution >= 4 is 16.5 Å². The van der Waals surface area contributed by atoms with Crippen LogP contribution in [0.15, 0.2) is 0 Å². The van der Waals surface area contributed by atoms with E-state index in [2.05, 4.69) is 13.8 Å². The van der Waals surface area contributed by atoms with Crippen LogP contribution in [0.4, 0.5) is 0 Å². The maximum atomic E-state index is 2.31. The summed E-state index contributed by atoms with van der Waals surface area (Å²) in [4.78, 5) is 0. The van der Waals surface area contributed by atoms with Crippen LogP contribution < -0.4 is 0 Å². The van der Waals surface area contributed by atoms with E-state index in [1.54, 1.807) is 12.3 Å². The summed E-state index contributed by atoms with van der Waals surface area (Å²) < 4.78 is 0. The molecule has 0 spiro atoms. The Kier molecular flexibility index (Phi) is 16.7. The second kappa shape index (κ2) is 15.9. The van der Waals surface area contributed by atoms with Gasteiger partial charge in [-0.05, 0) is 0 Å². The predicted molar refractivity (Wildman–Crippen MR) is 86.7 cm³/mol. The van der Waals surface area contributed by atoms with Gasteiger partial charge < -0.3 is 0 Å². The summed E-state index contributed by atoms with van der Waals surface area (Å²) in [6.45, 7) is 4.60. The minimum absolute atomic E-state index is 0.371. The molecule has 0 aliphatic heterocycles. The average molecular weight is 264 g/mol. The Labute approximate surface area is 107 Å². The Bertz CT molecular complexity index is 101. The molecule has 0 bridgehead atoms. The molecule has 0 saturated heterocycles.